The minimum atomic E-state index is 0.0647. The molecule has 0 saturated heterocycles. The maximum Gasteiger partial charge on any atom is 0.246 e. The molecule has 22 heavy (non-hydrogen) atoms. The largest absolute Gasteiger partial charge is 0.359 e. The molecule has 114 valence electrons. The Hall–Kier alpha value is -2.43. The zero-order valence-electron chi connectivity index (χ0n) is 13.0. The lowest BCUT2D eigenvalue weighted by molar-refractivity contribution is -0.117. The molecule has 0 radical (unpaired) electrons. The normalized spacial score (nSPS) is 13.6. The van der Waals surface area contributed by atoms with Crippen LogP contribution in [-0.4, -0.2) is 29.0 Å². The molecule has 1 aliphatic rings. The fourth-order valence-electron chi connectivity index (χ4n) is 2.75. The van der Waals surface area contributed by atoms with E-state index in [1.807, 2.05) is 36.9 Å². The number of aromatic nitrogens is 2. The number of anilines is 2. The number of carbonyl (C=O) groups is 1. The molecule has 5 nitrogen and oxygen atoms in total. The Bertz CT molecular complexity index is 699. The van der Waals surface area contributed by atoms with Gasteiger partial charge in [0.15, 0.2) is 0 Å². The fourth-order valence-corrected chi connectivity index (χ4v) is 2.75. The van der Waals surface area contributed by atoms with Gasteiger partial charge in [0.05, 0.1) is 17.9 Å². The predicted molar refractivity (Wildman–Crippen MR) is 87.1 cm³/mol. The molecule has 0 unspecified atom stereocenters. The van der Waals surface area contributed by atoms with E-state index in [1.165, 1.54) is 5.56 Å². The molecule has 1 amide bonds. The lowest BCUT2D eigenvalue weighted by Crippen LogP contribution is -2.39. The molecule has 0 spiro atoms. The third-order valence-electron chi connectivity index (χ3n) is 3.89. The second-order valence-corrected chi connectivity index (χ2v) is 5.58. The van der Waals surface area contributed by atoms with Crippen molar-refractivity contribution in [2.24, 2.45) is 0 Å². The monoisotopic (exact) mass is 296 g/mol. The molecule has 2 heterocycles. The van der Waals surface area contributed by atoms with Crippen molar-refractivity contribution in [1.82, 2.24) is 9.97 Å². The van der Waals surface area contributed by atoms with Crippen molar-refractivity contribution in [3.05, 3.63) is 47.4 Å². The van der Waals surface area contributed by atoms with Crippen LogP contribution in [-0.2, 0) is 11.2 Å². The number of aryl methyl sites for hydroxylation is 3. The molecular formula is C17H20N4O. The molecule has 0 bridgehead atoms. The molecule has 1 aliphatic heterocycles. The molecule has 0 atom stereocenters. The zero-order valence-corrected chi connectivity index (χ0v) is 13.0. The molecule has 0 aliphatic carbocycles. The van der Waals surface area contributed by atoms with Gasteiger partial charge in [0.2, 0.25) is 5.91 Å². The molecule has 3 rings (SSSR count). The Labute approximate surface area is 130 Å². The van der Waals surface area contributed by atoms with Gasteiger partial charge >= 0.3 is 0 Å². The van der Waals surface area contributed by atoms with Crippen LogP contribution >= 0.6 is 0 Å². The van der Waals surface area contributed by atoms with Gasteiger partial charge in [0.25, 0.3) is 0 Å². The highest BCUT2D eigenvalue weighted by molar-refractivity contribution is 5.97. The minimum Gasteiger partial charge on any atom is -0.359 e. The van der Waals surface area contributed by atoms with Crippen LogP contribution in [0.4, 0.5) is 11.5 Å². The summed E-state index contributed by atoms with van der Waals surface area (Å²) in [7, 11) is 0. The van der Waals surface area contributed by atoms with E-state index in [0.717, 1.165) is 36.5 Å². The van der Waals surface area contributed by atoms with E-state index in [2.05, 4.69) is 21.4 Å². The van der Waals surface area contributed by atoms with Gasteiger partial charge in [-0.3, -0.25) is 9.78 Å². The predicted octanol–water partition coefficient (Wildman–Crippen LogP) is 2.48. The summed E-state index contributed by atoms with van der Waals surface area (Å²) in [6.45, 7) is 4.78. The van der Waals surface area contributed by atoms with Crippen LogP contribution in [0, 0.1) is 13.8 Å². The van der Waals surface area contributed by atoms with Crippen LogP contribution in [0.25, 0.3) is 0 Å². The van der Waals surface area contributed by atoms with Crippen molar-refractivity contribution in [2.45, 2.75) is 26.7 Å². The van der Waals surface area contributed by atoms with Crippen LogP contribution in [0.15, 0.2) is 30.5 Å². The van der Waals surface area contributed by atoms with E-state index < -0.39 is 0 Å². The number of fused-ring (bicyclic) bond motifs is 1. The number of amides is 1. The maximum atomic E-state index is 12.5. The van der Waals surface area contributed by atoms with E-state index in [9.17, 15) is 4.79 Å². The summed E-state index contributed by atoms with van der Waals surface area (Å²) in [5, 5.41) is 3.12. The van der Waals surface area contributed by atoms with Gasteiger partial charge < -0.3 is 10.2 Å². The van der Waals surface area contributed by atoms with Gasteiger partial charge in [-0.1, -0.05) is 18.2 Å². The van der Waals surface area contributed by atoms with Crippen LogP contribution in [0.3, 0.4) is 0 Å². The minimum absolute atomic E-state index is 0.0647. The third-order valence-corrected chi connectivity index (χ3v) is 3.89. The number of benzene rings is 1. The van der Waals surface area contributed by atoms with Gasteiger partial charge in [0, 0.05) is 18.4 Å². The first-order chi connectivity index (χ1) is 10.6. The first-order valence-electron chi connectivity index (χ1n) is 7.57. The Morgan fingerprint density at radius 2 is 2.14 bits per heavy atom. The highest BCUT2D eigenvalue weighted by Gasteiger charge is 2.21. The van der Waals surface area contributed by atoms with Crippen molar-refractivity contribution in [3.8, 4) is 0 Å². The summed E-state index contributed by atoms with van der Waals surface area (Å²) in [6.07, 6.45) is 3.77. The van der Waals surface area contributed by atoms with Gasteiger partial charge in [-0.05, 0) is 38.3 Å². The standard InChI is InChI=1S/C17H20N4O/c1-12-10-18-13(2)17(20-12)19-11-16(22)21-9-5-7-14-6-3-4-8-15(14)21/h3-4,6,8,10H,5,7,9,11H2,1-2H3,(H,19,20). The second-order valence-electron chi connectivity index (χ2n) is 5.58. The van der Waals surface area contributed by atoms with E-state index in [-0.39, 0.29) is 12.5 Å². The maximum absolute atomic E-state index is 12.5. The van der Waals surface area contributed by atoms with Crippen LogP contribution in [0.5, 0.6) is 0 Å². The summed E-state index contributed by atoms with van der Waals surface area (Å²) in [4.78, 5) is 23.1. The summed E-state index contributed by atoms with van der Waals surface area (Å²) in [6, 6.07) is 8.12. The first kappa shape index (κ1) is 14.5. The third kappa shape index (κ3) is 2.93. The van der Waals surface area contributed by atoms with Crippen LogP contribution < -0.4 is 10.2 Å². The highest BCUT2D eigenvalue weighted by Crippen LogP contribution is 2.26. The van der Waals surface area contributed by atoms with E-state index in [0.29, 0.717) is 5.82 Å². The number of para-hydroxylation sites is 1. The smallest absolute Gasteiger partial charge is 0.246 e. The molecule has 1 aromatic carbocycles. The molecule has 1 N–H and O–H groups in total. The van der Waals surface area contributed by atoms with Gasteiger partial charge in [-0.25, -0.2) is 4.98 Å². The van der Waals surface area contributed by atoms with Gasteiger partial charge in [0.1, 0.15) is 5.82 Å². The number of hydrogen-bond acceptors (Lipinski definition) is 4. The molecule has 0 saturated carbocycles. The van der Waals surface area contributed by atoms with Crippen molar-refractivity contribution in [3.63, 3.8) is 0 Å². The molecule has 2 aromatic rings. The van der Waals surface area contributed by atoms with Crippen molar-refractivity contribution in [1.29, 1.82) is 0 Å². The Morgan fingerprint density at radius 1 is 1.32 bits per heavy atom. The second kappa shape index (κ2) is 6.13. The number of nitrogens with one attached hydrogen (secondary N) is 1. The molecule has 5 heteroatoms. The lowest BCUT2D eigenvalue weighted by atomic mass is 10.0. The quantitative estimate of drug-likeness (QED) is 0.945. The topological polar surface area (TPSA) is 58.1 Å². The van der Waals surface area contributed by atoms with Gasteiger partial charge in [-0.15, -0.1) is 0 Å². The van der Waals surface area contributed by atoms with E-state index in [1.54, 1.807) is 6.20 Å². The van der Waals surface area contributed by atoms with Gasteiger partial charge in [-0.2, -0.15) is 0 Å². The summed E-state index contributed by atoms with van der Waals surface area (Å²) in [5.74, 6) is 0.744. The van der Waals surface area contributed by atoms with Crippen molar-refractivity contribution < 1.29 is 4.79 Å². The highest BCUT2D eigenvalue weighted by atomic mass is 16.2. The molecule has 1 aromatic heterocycles. The Morgan fingerprint density at radius 3 is 3.00 bits per heavy atom. The summed E-state index contributed by atoms with van der Waals surface area (Å²) in [5.41, 5.74) is 3.92. The van der Waals surface area contributed by atoms with Crippen LogP contribution in [0.1, 0.15) is 23.4 Å². The SMILES string of the molecule is Cc1cnc(C)c(NCC(=O)N2CCCc3ccccc32)n1. The zero-order chi connectivity index (χ0) is 15.5. The number of rotatable bonds is 3. The lowest BCUT2D eigenvalue weighted by Gasteiger charge is -2.29. The van der Waals surface area contributed by atoms with E-state index >= 15 is 0 Å². The average molecular weight is 296 g/mol. The number of carbonyl (C=O) groups excluding carboxylic acids is 1. The summed E-state index contributed by atoms with van der Waals surface area (Å²) < 4.78 is 0. The summed E-state index contributed by atoms with van der Waals surface area (Å²) >= 11 is 0. The van der Waals surface area contributed by atoms with Crippen LogP contribution in [0.2, 0.25) is 0 Å². The number of hydrogen-bond donors (Lipinski definition) is 1. The Kier molecular flexibility index (Phi) is 4.04. The fraction of sp³-hybridized carbons (Fsp3) is 0.353. The van der Waals surface area contributed by atoms with E-state index in [4.69, 9.17) is 0 Å². The number of nitrogens with zero attached hydrogens (tertiary/aromatic N) is 3. The average Bonchev–Trinajstić information content (AvgIpc) is 2.55. The molecular weight excluding hydrogens is 276 g/mol. The van der Waals surface area contributed by atoms with Crippen molar-refractivity contribution in [2.75, 3.05) is 23.3 Å². The van der Waals surface area contributed by atoms with Crippen molar-refractivity contribution >= 4 is 17.4 Å². The molecule has 0 fully saturated rings. The Balaban J connectivity index is 1.72. The first-order valence-corrected chi connectivity index (χ1v) is 7.57.